The Hall–Kier alpha value is -2.45. The van der Waals surface area contributed by atoms with Gasteiger partial charge < -0.3 is 10.6 Å². The van der Waals surface area contributed by atoms with Crippen LogP contribution in [0.1, 0.15) is 18.0 Å². The molecule has 8 nitrogen and oxygen atoms in total. The number of urea groups is 1. The van der Waals surface area contributed by atoms with E-state index in [0.717, 1.165) is 18.5 Å². The van der Waals surface area contributed by atoms with Crippen LogP contribution in [0, 0.1) is 0 Å². The second-order valence-electron chi connectivity index (χ2n) is 6.62. The molecule has 1 aromatic carbocycles. The van der Waals surface area contributed by atoms with E-state index in [-0.39, 0.29) is 5.91 Å². The maximum Gasteiger partial charge on any atom is 0.318 e. The van der Waals surface area contributed by atoms with Crippen molar-refractivity contribution in [1.82, 2.24) is 20.0 Å². The normalized spacial score (nSPS) is 17.2. The predicted molar refractivity (Wildman–Crippen MR) is 98.2 cm³/mol. The molecule has 1 aliphatic rings. The third-order valence-electron chi connectivity index (χ3n) is 4.46. The quantitative estimate of drug-likeness (QED) is 0.770. The van der Waals surface area contributed by atoms with E-state index < -0.39 is 18.0 Å². The molecule has 4 amide bonds. The lowest BCUT2D eigenvalue weighted by atomic mass is 10.0. The van der Waals surface area contributed by atoms with Crippen molar-refractivity contribution in [2.75, 3.05) is 46.8 Å². The summed E-state index contributed by atoms with van der Waals surface area (Å²) in [6.07, 6.45) is 0.827. The van der Waals surface area contributed by atoms with Gasteiger partial charge in [0.2, 0.25) is 11.8 Å². The van der Waals surface area contributed by atoms with Crippen LogP contribution in [0.3, 0.4) is 0 Å². The maximum absolute atomic E-state index is 12.6. The molecule has 1 saturated heterocycles. The number of carbonyl (C=O) groups is 3. The molecule has 0 spiro atoms. The minimum Gasteiger partial charge on any atom is -0.351 e. The summed E-state index contributed by atoms with van der Waals surface area (Å²) in [5.41, 5.74) is 5.94. The van der Waals surface area contributed by atoms with Crippen LogP contribution < -0.4 is 11.1 Å². The lowest BCUT2D eigenvalue weighted by Crippen LogP contribution is -2.46. The van der Waals surface area contributed by atoms with Gasteiger partial charge >= 0.3 is 6.03 Å². The molecule has 1 heterocycles. The van der Waals surface area contributed by atoms with Crippen molar-refractivity contribution >= 4 is 17.8 Å². The van der Waals surface area contributed by atoms with Crippen molar-refractivity contribution in [3.05, 3.63) is 35.9 Å². The van der Waals surface area contributed by atoms with Crippen LogP contribution in [0.15, 0.2) is 30.3 Å². The number of amides is 4. The number of rotatable bonds is 5. The standard InChI is InChI=1S/C18H27N5O3/c1-21(2)15(24)13-22-9-6-10-23(12-11-22)16(17(25)20-18(19)26)14-7-4-3-5-8-14/h3-5,7-8,16H,6,9-13H2,1-2H3,(H3,19,20,25,26)/t16-/m1/s1. The van der Waals surface area contributed by atoms with Gasteiger partial charge in [-0.25, -0.2) is 4.79 Å². The van der Waals surface area contributed by atoms with Gasteiger partial charge in [-0.15, -0.1) is 0 Å². The summed E-state index contributed by atoms with van der Waals surface area (Å²) in [5.74, 6) is -0.369. The topological polar surface area (TPSA) is 99.0 Å². The Labute approximate surface area is 153 Å². The number of carbonyl (C=O) groups excluding carboxylic acids is 3. The Balaban J connectivity index is 2.12. The Morgan fingerprint density at radius 2 is 1.81 bits per heavy atom. The highest BCUT2D eigenvalue weighted by atomic mass is 16.2. The van der Waals surface area contributed by atoms with E-state index in [4.69, 9.17) is 5.73 Å². The number of nitrogens with one attached hydrogen (secondary N) is 1. The molecule has 0 aliphatic carbocycles. The van der Waals surface area contributed by atoms with Crippen molar-refractivity contribution in [2.45, 2.75) is 12.5 Å². The van der Waals surface area contributed by atoms with Crippen molar-refractivity contribution in [1.29, 1.82) is 0 Å². The maximum atomic E-state index is 12.6. The number of nitrogens with two attached hydrogens (primary N) is 1. The summed E-state index contributed by atoms with van der Waals surface area (Å²) in [6, 6.07) is 7.88. The van der Waals surface area contributed by atoms with Gasteiger partial charge in [0.05, 0.1) is 6.54 Å². The van der Waals surface area contributed by atoms with Crippen LogP contribution in [0.5, 0.6) is 0 Å². The van der Waals surface area contributed by atoms with Gasteiger partial charge in [0.25, 0.3) is 0 Å². The zero-order valence-electron chi connectivity index (χ0n) is 15.4. The number of primary amides is 1. The molecule has 2 rings (SSSR count). The SMILES string of the molecule is CN(C)C(=O)CN1CCCN([C@@H](C(=O)NC(N)=O)c2ccccc2)CC1. The molecule has 0 bridgehead atoms. The largest absolute Gasteiger partial charge is 0.351 e. The molecule has 0 aromatic heterocycles. The molecule has 1 aromatic rings. The molecule has 1 aliphatic heterocycles. The van der Waals surface area contributed by atoms with Gasteiger partial charge in [-0.1, -0.05) is 30.3 Å². The number of hydrogen-bond acceptors (Lipinski definition) is 5. The van der Waals surface area contributed by atoms with Crippen LogP contribution in [-0.4, -0.2) is 79.4 Å². The molecule has 1 fully saturated rings. The molecule has 26 heavy (non-hydrogen) atoms. The molecule has 1 atom stereocenters. The first-order valence-corrected chi connectivity index (χ1v) is 8.70. The van der Waals surface area contributed by atoms with E-state index in [1.807, 2.05) is 35.2 Å². The fourth-order valence-corrected chi connectivity index (χ4v) is 3.09. The van der Waals surface area contributed by atoms with Gasteiger partial charge in [-0.2, -0.15) is 0 Å². The lowest BCUT2D eigenvalue weighted by Gasteiger charge is -2.29. The Bertz CT molecular complexity index is 635. The van der Waals surface area contributed by atoms with Gasteiger partial charge in [0.15, 0.2) is 0 Å². The molecule has 3 N–H and O–H groups in total. The van der Waals surface area contributed by atoms with Crippen LogP contribution in [-0.2, 0) is 9.59 Å². The Morgan fingerprint density at radius 3 is 2.42 bits per heavy atom. The second kappa shape index (κ2) is 9.30. The monoisotopic (exact) mass is 361 g/mol. The first-order chi connectivity index (χ1) is 12.4. The third-order valence-corrected chi connectivity index (χ3v) is 4.46. The van der Waals surface area contributed by atoms with Crippen LogP contribution in [0.2, 0.25) is 0 Å². The Kier molecular flexibility index (Phi) is 7.11. The average Bonchev–Trinajstić information content (AvgIpc) is 2.81. The van der Waals surface area contributed by atoms with E-state index in [1.54, 1.807) is 19.0 Å². The minimum atomic E-state index is -0.857. The van der Waals surface area contributed by atoms with Crippen LogP contribution >= 0.6 is 0 Å². The first-order valence-electron chi connectivity index (χ1n) is 8.70. The fraction of sp³-hybridized carbons (Fsp3) is 0.500. The fourth-order valence-electron chi connectivity index (χ4n) is 3.09. The average molecular weight is 361 g/mol. The molecule has 8 heteroatoms. The predicted octanol–water partition coefficient (Wildman–Crippen LogP) is 0.0185. The zero-order valence-corrected chi connectivity index (χ0v) is 15.4. The minimum absolute atomic E-state index is 0.0598. The number of imide groups is 1. The first kappa shape index (κ1) is 19.9. The van der Waals surface area contributed by atoms with E-state index in [2.05, 4.69) is 10.2 Å². The van der Waals surface area contributed by atoms with E-state index >= 15 is 0 Å². The second-order valence-corrected chi connectivity index (χ2v) is 6.62. The summed E-state index contributed by atoms with van der Waals surface area (Å²) in [4.78, 5) is 41.4. The number of nitrogens with zero attached hydrogens (tertiary/aromatic N) is 3. The lowest BCUT2D eigenvalue weighted by molar-refractivity contribution is -0.130. The molecule has 0 saturated carbocycles. The van der Waals surface area contributed by atoms with Gasteiger partial charge in [-0.05, 0) is 18.5 Å². The third kappa shape index (κ3) is 5.53. The van der Waals surface area contributed by atoms with E-state index in [9.17, 15) is 14.4 Å². The van der Waals surface area contributed by atoms with E-state index in [0.29, 0.717) is 26.2 Å². The summed E-state index contributed by atoms with van der Waals surface area (Å²) in [5, 5.41) is 2.20. The highest BCUT2D eigenvalue weighted by molar-refractivity contribution is 5.96. The molecule has 142 valence electrons. The summed E-state index contributed by atoms with van der Waals surface area (Å²) in [6.45, 7) is 3.14. The molecule has 0 unspecified atom stereocenters. The highest BCUT2D eigenvalue weighted by Gasteiger charge is 2.30. The zero-order chi connectivity index (χ0) is 19.1. The van der Waals surface area contributed by atoms with Crippen molar-refractivity contribution in [3.63, 3.8) is 0 Å². The van der Waals surface area contributed by atoms with Gasteiger partial charge in [0, 0.05) is 33.7 Å². The smallest absolute Gasteiger partial charge is 0.318 e. The van der Waals surface area contributed by atoms with Crippen molar-refractivity contribution in [3.8, 4) is 0 Å². The number of likely N-dealkylation sites (N-methyl/N-ethyl adjacent to an activating group) is 1. The van der Waals surface area contributed by atoms with Crippen molar-refractivity contribution in [2.24, 2.45) is 5.73 Å². The molecular weight excluding hydrogens is 334 g/mol. The van der Waals surface area contributed by atoms with Gasteiger partial charge in [-0.3, -0.25) is 24.7 Å². The van der Waals surface area contributed by atoms with Crippen LogP contribution in [0.4, 0.5) is 4.79 Å². The summed E-state index contributed by atoms with van der Waals surface area (Å²) >= 11 is 0. The highest BCUT2D eigenvalue weighted by Crippen LogP contribution is 2.22. The summed E-state index contributed by atoms with van der Waals surface area (Å²) < 4.78 is 0. The molecular formula is C18H27N5O3. The number of benzene rings is 1. The Morgan fingerprint density at radius 1 is 1.12 bits per heavy atom. The summed E-state index contributed by atoms with van der Waals surface area (Å²) in [7, 11) is 3.48. The van der Waals surface area contributed by atoms with Crippen LogP contribution in [0.25, 0.3) is 0 Å². The van der Waals surface area contributed by atoms with E-state index in [1.165, 1.54) is 0 Å². The van der Waals surface area contributed by atoms with Gasteiger partial charge in [0.1, 0.15) is 6.04 Å². The molecule has 0 radical (unpaired) electrons. The number of hydrogen-bond donors (Lipinski definition) is 2. The van der Waals surface area contributed by atoms with Crippen molar-refractivity contribution < 1.29 is 14.4 Å².